The van der Waals surface area contributed by atoms with Crippen molar-refractivity contribution in [2.24, 2.45) is 0 Å². The largest absolute Gasteiger partial charge is 0.343 e. The smallest absolute Gasteiger partial charge is 0.213 e. The molecule has 1 aromatic heterocycles. The molecule has 2 aliphatic heterocycles. The molecule has 106 valence electrons. The Bertz CT molecular complexity index is 367. The summed E-state index contributed by atoms with van der Waals surface area (Å²) in [5.41, 5.74) is 0. The van der Waals surface area contributed by atoms with Crippen molar-refractivity contribution in [2.75, 3.05) is 13.1 Å². The van der Waals surface area contributed by atoms with Crippen molar-refractivity contribution >= 4 is 0 Å². The quantitative estimate of drug-likeness (QED) is 0.846. The van der Waals surface area contributed by atoms with Gasteiger partial charge in [0.05, 0.1) is 0 Å². The van der Waals surface area contributed by atoms with Crippen molar-refractivity contribution < 1.29 is 4.52 Å². The number of piperidine rings is 1. The molecule has 2 fully saturated rings. The molecular weight excluding hydrogens is 240 g/mol. The molecule has 19 heavy (non-hydrogen) atoms. The SMILES string of the molecule is CCCNC1CC2CCC(C1)N2CCc1ncon1. The predicted octanol–water partition coefficient (Wildman–Crippen LogP) is 1.61. The maximum Gasteiger partial charge on any atom is 0.213 e. The fraction of sp³-hybridized carbons (Fsp3) is 0.857. The van der Waals surface area contributed by atoms with Gasteiger partial charge in [0.25, 0.3) is 0 Å². The van der Waals surface area contributed by atoms with E-state index in [0.29, 0.717) is 0 Å². The molecule has 5 heteroatoms. The summed E-state index contributed by atoms with van der Waals surface area (Å²) in [4.78, 5) is 6.79. The third-order valence-electron chi connectivity index (χ3n) is 4.57. The highest BCUT2D eigenvalue weighted by Crippen LogP contribution is 2.35. The van der Waals surface area contributed by atoms with E-state index in [1.807, 2.05) is 0 Å². The van der Waals surface area contributed by atoms with Gasteiger partial charge in [0, 0.05) is 31.1 Å². The van der Waals surface area contributed by atoms with Gasteiger partial charge >= 0.3 is 0 Å². The third kappa shape index (κ3) is 2.98. The standard InChI is InChI=1S/C14H24N4O/c1-2-6-15-11-8-12-3-4-13(9-11)18(12)7-5-14-16-10-19-17-14/h10-13,15H,2-9H2,1H3. The number of rotatable bonds is 6. The first-order valence-electron chi connectivity index (χ1n) is 7.61. The Hall–Kier alpha value is -0.940. The summed E-state index contributed by atoms with van der Waals surface area (Å²) < 4.78 is 4.80. The van der Waals surface area contributed by atoms with Gasteiger partial charge in [-0.2, -0.15) is 4.98 Å². The molecule has 0 amide bonds. The summed E-state index contributed by atoms with van der Waals surface area (Å²) in [5, 5.41) is 7.60. The number of hydrogen-bond acceptors (Lipinski definition) is 5. The Labute approximate surface area is 114 Å². The second-order valence-corrected chi connectivity index (χ2v) is 5.84. The fourth-order valence-corrected chi connectivity index (χ4v) is 3.69. The van der Waals surface area contributed by atoms with Crippen LogP contribution in [0.1, 0.15) is 44.9 Å². The lowest BCUT2D eigenvalue weighted by Crippen LogP contribution is -2.49. The number of fused-ring (bicyclic) bond motifs is 2. The number of nitrogens with zero attached hydrogens (tertiary/aromatic N) is 3. The molecule has 0 saturated carbocycles. The molecule has 0 radical (unpaired) electrons. The molecule has 3 heterocycles. The van der Waals surface area contributed by atoms with Crippen molar-refractivity contribution in [3.05, 3.63) is 12.2 Å². The first kappa shape index (κ1) is 13.1. The van der Waals surface area contributed by atoms with E-state index in [1.54, 1.807) is 0 Å². The Balaban J connectivity index is 1.51. The summed E-state index contributed by atoms with van der Waals surface area (Å²) in [6, 6.07) is 2.26. The highest BCUT2D eigenvalue weighted by Gasteiger charge is 2.39. The van der Waals surface area contributed by atoms with Crippen LogP contribution in [0.15, 0.2) is 10.9 Å². The van der Waals surface area contributed by atoms with Gasteiger partial charge in [0.1, 0.15) is 0 Å². The monoisotopic (exact) mass is 264 g/mol. The normalized spacial score (nSPS) is 30.9. The molecule has 0 aromatic carbocycles. The molecule has 2 aliphatic rings. The summed E-state index contributed by atoms with van der Waals surface area (Å²) in [5.74, 6) is 0.839. The van der Waals surface area contributed by atoms with E-state index in [-0.39, 0.29) is 0 Å². The molecule has 0 spiro atoms. The van der Waals surface area contributed by atoms with Crippen LogP contribution in [-0.2, 0) is 6.42 Å². The summed E-state index contributed by atoms with van der Waals surface area (Å²) in [7, 11) is 0. The van der Waals surface area contributed by atoms with Gasteiger partial charge in [-0.15, -0.1) is 0 Å². The third-order valence-corrected chi connectivity index (χ3v) is 4.57. The van der Waals surface area contributed by atoms with E-state index in [1.165, 1.54) is 38.5 Å². The lowest BCUT2D eigenvalue weighted by Gasteiger charge is -2.39. The maximum atomic E-state index is 4.80. The van der Waals surface area contributed by atoms with E-state index in [9.17, 15) is 0 Å². The highest BCUT2D eigenvalue weighted by molar-refractivity contribution is 4.98. The van der Waals surface area contributed by atoms with Crippen LogP contribution in [0.25, 0.3) is 0 Å². The minimum atomic E-state index is 0.735. The zero-order valence-corrected chi connectivity index (χ0v) is 11.7. The topological polar surface area (TPSA) is 54.2 Å². The van der Waals surface area contributed by atoms with Crippen LogP contribution in [0.2, 0.25) is 0 Å². The van der Waals surface area contributed by atoms with Crippen LogP contribution in [0.3, 0.4) is 0 Å². The lowest BCUT2D eigenvalue weighted by atomic mass is 9.97. The number of nitrogens with one attached hydrogen (secondary N) is 1. The zero-order valence-electron chi connectivity index (χ0n) is 11.7. The van der Waals surface area contributed by atoms with E-state index in [2.05, 4.69) is 27.3 Å². The van der Waals surface area contributed by atoms with E-state index < -0.39 is 0 Å². The molecule has 1 N–H and O–H groups in total. The van der Waals surface area contributed by atoms with Gasteiger partial charge in [-0.3, -0.25) is 4.90 Å². The lowest BCUT2D eigenvalue weighted by molar-refractivity contribution is 0.117. The average Bonchev–Trinajstić information content (AvgIpc) is 3.01. The van der Waals surface area contributed by atoms with Crippen LogP contribution >= 0.6 is 0 Å². The molecule has 3 rings (SSSR count). The number of hydrogen-bond donors (Lipinski definition) is 1. The molecule has 2 unspecified atom stereocenters. The van der Waals surface area contributed by atoms with Crippen molar-refractivity contribution in [3.8, 4) is 0 Å². The summed E-state index contributed by atoms with van der Waals surface area (Å²) in [6.07, 6.45) is 8.91. The second-order valence-electron chi connectivity index (χ2n) is 5.84. The van der Waals surface area contributed by atoms with Crippen LogP contribution in [0, 0.1) is 0 Å². The average molecular weight is 264 g/mol. The molecule has 2 saturated heterocycles. The van der Waals surface area contributed by atoms with Crippen LogP contribution < -0.4 is 5.32 Å². The Morgan fingerprint density at radius 3 is 2.79 bits per heavy atom. The van der Waals surface area contributed by atoms with E-state index in [0.717, 1.165) is 43.5 Å². The summed E-state index contributed by atoms with van der Waals surface area (Å²) >= 11 is 0. The van der Waals surface area contributed by atoms with Gasteiger partial charge in [-0.25, -0.2) is 0 Å². The predicted molar refractivity (Wildman–Crippen MR) is 72.8 cm³/mol. The van der Waals surface area contributed by atoms with Gasteiger partial charge in [0.2, 0.25) is 6.39 Å². The summed E-state index contributed by atoms with van der Waals surface area (Å²) in [6.45, 7) is 4.48. The highest BCUT2D eigenvalue weighted by atomic mass is 16.5. The van der Waals surface area contributed by atoms with Gasteiger partial charge in [0.15, 0.2) is 5.82 Å². The van der Waals surface area contributed by atoms with Crippen molar-refractivity contribution in [3.63, 3.8) is 0 Å². The Morgan fingerprint density at radius 1 is 1.37 bits per heavy atom. The number of aromatic nitrogens is 2. The minimum absolute atomic E-state index is 0.735. The van der Waals surface area contributed by atoms with E-state index >= 15 is 0 Å². The molecular formula is C14H24N4O. The van der Waals surface area contributed by atoms with Crippen molar-refractivity contribution in [2.45, 2.75) is 63.6 Å². The second kappa shape index (κ2) is 6.01. The van der Waals surface area contributed by atoms with Crippen LogP contribution in [-0.4, -0.2) is 46.3 Å². The van der Waals surface area contributed by atoms with Gasteiger partial charge < -0.3 is 9.84 Å². The molecule has 1 aromatic rings. The molecule has 2 bridgehead atoms. The Morgan fingerprint density at radius 2 is 2.16 bits per heavy atom. The molecule has 2 atom stereocenters. The van der Waals surface area contributed by atoms with Crippen LogP contribution in [0.4, 0.5) is 0 Å². The van der Waals surface area contributed by atoms with Gasteiger partial charge in [-0.1, -0.05) is 12.1 Å². The Kier molecular flexibility index (Phi) is 4.13. The van der Waals surface area contributed by atoms with E-state index in [4.69, 9.17) is 4.52 Å². The zero-order chi connectivity index (χ0) is 13.1. The van der Waals surface area contributed by atoms with Crippen LogP contribution in [0.5, 0.6) is 0 Å². The minimum Gasteiger partial charge on any atom is -0.343 e. The van der Waals surface area contributed by atoms with Crippen molar-refractivity contribution in [1.82, 2.24) is 20.4 Å². The van der Waals surface area contributed by atoms with Crippen molar-refractivity contribution in [1.29, 1.82) is 0 Å². The van der Waals surface area contributed by atoms with Gasteiger partial charge in [-0.05, 0) is 38.6 Å². The fourth-order valence-electron chi connectivity index (χ4n) is 3.69. The first-order valence-corrected chi connectivity index (χ1v) is 7.61. The molecule has 5 nitrogen and oxygen atoms in total. The maximum absolute atomic E-state index is 4.80. The first-order chi connectivity index (χ1) is 9.36. The molecule has 0 aliphatic carbocycles.